The van der Waals surface area contributed by atoms with Gasteiger partial charge in [-0.3, -0.25) is 4.79 Å². The molecule has 1 amide bonds. The average Bonchev–Trinajstić information content (AvgIpc) is 2.86. The van der Waals surface area contributed by atoms with E-state index in [-0.39, 0.29) is 17.0 Å². The molecule has 1 saturated heterocycles. The lowest BCUT2D eigenvalue weighted by Gasteiger charge is -2.33. The van der Waals surface area contributed by atoms with Gasteiger partial charge >= 0.3 is 0 Å². The minimum atomic E-state index is -0.499. The van der Waals surface area contributed by atoms with E-state index in [0.717, 1.165) is 19.6 Å². The van der Waals surface area contributed by atoms with Crippen LogP contribution in [0.2, 0.25) is 5.02 Å². The maximum atomic E-state index is 13.6. The average molecular weight is 515 g/mol. The maximum Gasteiger partial charge on any atom is 0.226 e. The molecule has 1 aliphatic rings. The molecule has 0 spiro atoms. The number of ether oxygens (including phenoxy) is 1. The van der Waals surface area contributed by atoms with E-state index in [9.17, 15) is 9.18 Å². The van der Waals surface area contributed by atoms with Crippen LogP contribution in [0.4, 0.5) is 21.6 Å². The van der Waals surface area contributed by atoms with Gasteiger partial charge in [0, 0.05) is 36.1 Å². The van der Waals surface area contributed by atoms with Crippen LogP contribution in [0.3, 0.4) is 0 Å². The van der Waals surface area contributed by atoms with Gasteiger partial charge in [-0.15, -0.1) is 0 Å². The van der Waals surface area contributed by atoms with Crippen LogP contribution in [-0.4, -0.2) is 72.6 Å². The van der Waals surface area contributed by atoms with Gasteiger partial charge < -0.3 is 25.2 Å². The number of methoxy groups -OCH3 is 1. The van der Waals surface area contributed by atoms with E-state index >= 15 is 0 Å². The zero-order valence-electron chi connectivity index (χ0n) is 20.9. The predicted octanol–water partition coefficient (Wildman–Crippen LogP) is 4.92. The van der Waals surface area contributed by atoms with Crippen molar-refractivity contribution in [2.24, 2.45) is 0 Å². The predicted molar refractivity (Wildman–Crippen MR) is 142 cm³/mol. The summed E-state index contributed by atoms with van der Waals surface area (Å²) in [6.45, 7) is 3.02. The van der Waals surface area contributed by atoms with Crippen LogP contribution in [0, 0.1) is 5.82 Å². The molecule has 10 heteroatoms. The number of carbonyl (C=O) groups excluding carboxylic acids is 1. The molecule has 4 rings (SSSR count). The van der Waals surface area contributed by atoms with Crippen molar-refractivity contribution in [2.45, 2.75) is 31.7 Å². The maximum absolute atomic E-state index is 13.6. The topological polar surface area (TPSA) is 82.6 Å². The Morgan fingerprint density at radius 1 is 1.19 bits per heavy atom. The lowest BCUT2D eigenvalue weighted by Crippen LogP contribution is -2.44. The van der Waals surface area contributed by atoms with Gasteiger partial charge in [0.15, 0.2) is 0 Å². The summed E-state index contributed by atoms with van der Waals surface area (Å²) in [4.78, 5) is 26.3. The summed E-state index contributed by atoms with van der Waals surface area (Å²) in [7, 11) is 5.57. The lowest BCUT2D eigenvalue weighted by molar-refractivity contribution is -0.117. The number of likely N-dealkylation sites (N-methyl/N-ethyl adjacent to an activating group) is 1. The zero-order valence-corrected chi connectivity index (χ0v) is 21.6. The number of nitrogens with zero attached hydrogens (tertiary/aromatic N) is 4. The van der Waals surface area contributed by atoms with Crippen LogP contribution >= 0.6 is 11.6 Å². The molecule has 0 bridgehead atoms. The highest BCUT2D eigenvalue weighted by molar-refractivity contribution is 6.31. The molecule has 36 heavy (non-hydrogen) atoms. The number of anilines is 3. The Morgan fingerprint density at radius 2 is 1.97 bits per heavy atom. The summed E-state index contributed by atoms with van der Waals surface area (Å²) < 4.78 is 19.1. The highest BCUT2D eigenvalue weighted by atomic mass is 35.5. The third-order valence-corrected chi connectivity index (χ3v) is 6.77. The van der Waals surface area contributed by atoms with Crippen LogP contribution in [0.5, 0.6) is 5.75 Å². The molecule has 0 aliphatic carbocycles. The fourth-order valence-corrected chi connectivity index (χ4v) is 4.61. The Kier molecular flexibility index (Phi) is 8.56. The Bertz CT molecular complexity index is 1220. The van der Waals surface area contributed by atoms with Crippen LogP contribution in [0.25, 0.3) is 10.9 Å². The van der Waals surface area contributed by atoms with Crippen molar-refractivity contribution < 1.29 is 13.9 Å². The number of hydrogen-bond donors (Lipinski definition) is 2. The summed E-state index contributed by atoms with van der Waals surface area (Å²) in [5.41, 5.74) is 1.74. The SMILES string of the molecule is COc1cc2ncnc(Nc3ccc(F)c(Cl)c3)c2cc1NC(=O)CC(CN1CCCCC1)N(C)C. The van der Waals surface area contributed by atoms with Gasteiger partial charge in [-0.2, -0.15) is 0 Å². The van der Waals surface area contributed by atoms with Gasteiger partial charge in [-0.05, 0) is 64.3 Å². The van der Waals surface area contributed by atoms with E-state index < -0.39 is 5.82 Å². The fraction of sp³-hybridized carbons (Fsp3) is 0.423. The Hall–Kier alpha value is -3.01. The van der Waals surface area contributed by atoms with E-state index in [0.29, 0.717) is 40.3 Å². The summed E-state index contributed by atoms with van der Waals surface area (Å²) in [5, 5.41) is 6.86. The fourth-order valence-electron chi connectivity index (χ4n) is 4.43. The first-order valence-corrected chi connectivity index (χ1v) is 12.5. The van der Waals surface area contributed by atoms with Gasteiger partial charge in [-0.25, -0.2) is 14.4 Å². The second-order valence-corrected chi connectivity index (χ2v) is 9.68. The number of halogens is 2. The van der Waals surface area contributed by atoms with E-state index in [1.165, 1.54) is 37.7 Å². The van der Waals surface area contributed by atoms with Crippen molar-refractivity contribution in [3.05, 3.63) is 47.5 Å². The van der Waals surface area contributed by atoms with Crippen LogP contribution < -0.4 is 15.4 Å². The second kappa shape index (κ2) is 11.8. The number of carbonyl (C=O) groups is 1. The smallest absolute Gasteiger partial charge is 0.226 e. The molecule has 0 saturated carbocycles. The highest BCUT2D eigenvalue weighted by Gasteiger charge is 2.22. The third-order valence-electron chi connectivity index (χ3n) is 6.48. The number of hydrogen-bond acceptors (Lipinski definition) is 7. The number of aromatic nitrogens is 2. The number of benzene rings is 2. The number of piperidine rings is 1. The van der Waals surface area contributed by atoms with E-state index in [1.54, 1.807) is 25.3 Å². The standard InChI is InChI=1S/C26H32ClFN6O2/c1-33(2)18(15-34-9-5-4-6-10-34)12-25(35)32-23-13-19-22(14-24(23)36-3)29-16-30-26(19)31-17-7-8-21(28)20(27)11-17/h7-8,11,13-14,16,18H,4-6,9-10,12,15H2,1-3H3,(H,32,35)(H,29,30,31). The van der Waals surface area contributed by atoms with E-state index in [1.807, 2.05) is 14.1 Å². The summed E-state index contributed by atoms with van der Waals surface area (Å²) >= 11 is 5.93. The third kappa shape index (κ3) is 6.40. The van der Waals surface area contributed by atoms with Gasteiger partial charge in [0.05, 0.1) is 23.3 Å². The summed E-state index contributed by atoms with van der Waals surface area (Å²) in [6, 6.07) is 7.99. The van der Waals surface area contributed by atoms with Crippen LogP contribution in [0.15, 0.2) is 36.7 Å². The number of amides is 1. The first-order valence-electron chi connectivity index (χ1n) is 12.1. The van der Waals surface area contributed by atoms with Crippen molar-refractivity contribution in [2.75, 3.05) is 51.5 Å². The number of rotatable bonds is 9. The van der Waals surface area contributed by atoms with Crippen molar-refractivity contribution >= 4 is 45.6 Å². The minimum Gasteiger partial charge on any atom is -0.494 e. The molecule has 8 nitrogen and oxygen atoms in total. The Balaban J connectivity index is 1.55. The van der Waals surface area contributed by atoms with Crippen molar-refractivity contribution in [3.8, 4) is 5.75 Å². The molecule has 2 N–H and O–H groups in total. The number of fused-ring (bicyclic) bond motifs is 1. The monoisotopic (exact) mass is 514 g/mol. The zero-order chi connectivity index (χ0) is 25.7. The minimum absolute atomic E-state index is 0.00739. The van der Waals surface area contributed by atoms with E-state index in [2.05, 4.69) is 30.4 Å². The molecule has 1 atom stereocenters. The van der Waals surface area contributed by atoms with Gasteiger partial charge in [0.25, 0.3) is 0 Å². The molecule has 1 fully saturated rings. The number of nitrogens with one attached hydrogen (secondary N) is 2. The molecule has 192 valence electrons. The van der Waals surface area contributed by atoms with E-state index in [4.69, 9.17) is 16.3 Å². The molecule has 0 radical (unpaired) electrons. The molecular weight excluding hydrogens is 483 g/mol. The molecule has 1 unspecified atom stereocenters. The highest BCUT2D eigenvalue weighted by Crippen LogP contribution is 2.33. The number of likely N-dealkylation sites (tertiary alicyclic amines) is 1. The molecule has 2 heterocycles. The Morgan fingerprint density at radius 3 is 2.67 bits per heavy atom. The lowest BCUT2D eigenvalue weighted by atomic mass is 10.1. The van der Waals surface area contributed by atoms with Crippen LogP contribution in [0.1, 0.15) is 25.7 Å². The van der Waals surface area contributed by atoms with Crippen molar-refractivity contribution in [1.82, 2.24) is 19.8 Å². The quantitative estimate of drug-likeness (QED) is 0.419. The van der Waals surface area contributed by atoms with Gasteiger partial charge in [0.1, 0.15) is 23.7 Å². The molecule has 3 aromatic rings. The van der Waals surface area contributed by atoms with Gasteiger partial charge in [-0.1, -0.05) is 18.0 Å². The van der Waals surface area contributed by atoms with Crippen LogP contribution in [-0.2, 0) is 4.79 Å². The van der Waals surface area contributed by atoms with Gasteiger partial charge in [0.2, 0.25) is 5.91 Å². The molecule has 1 aliphatic heterocycles. The largest absolute Gasteiger partial charge is 0.494 e. The molecule has 2 aromatic carbocycles. The molecular formula is C26H32ClFN6O2. The Labute approximate surface area is 215 Å². The second-order valence-electron chi connectivity index (χ2n) is 9.28. The molecule has 1 aromatic heterocycles. The first kappa shape index (κ1) is 26.1. The summed E-state index contributed by atoms with van der Waals surface area (Å²) in [5.74, 6) is 0.403. The van der Waals surface area contributed by atoms with Crippen molar-refractivity contribution in [3.63, 3.8) is 0 Å². The van der Waals surface area contributed by atoms with Crippen molar-refractivity contribution in [1.29, 1.82) is 0 Å². The normalized spacial score (nSPS) is 15.2. The first-order chi connectivity index (χ1) is 17.3. The summed E-state index contributed by atoms with van der Waals surface area (Å²) in [6.07, 6.45) is 5.48.